The predicted molar refractivity (Wildman–Crippen MR) is 106 cm³/mol. The number of nitrogens with one attached hydrogen (secondary N) is 1. The summed E-state index contributed by atoms with van der Waals surface area (Å²) < 4.78 is 15.6. The van der Waals surface area contributed by atoms with E-state index in [1.165, 1.54) is 0 Å². The van der Waals surface area contributed by atoms with Gasteiger partial charge in [0.2, 0.25) is 0 Å². The van der Waals surface area contributed by atoms with Crippen LogP contribution in [0, 0.1) is 0 Å². The number of ether oxygens (including phenoxy) is 2. The first-order valence-electron chi connectivity index (χ1n) is 9.05. The van der Waals surface area contributed by atoms with Gasteiger partial charge >= 0.3 is 0 Å². The van der Waals surface area contributed by atoms with Gasteiger partial charge in [-0.2, -0.15) is 0 Å². The number of carbonyl (C=O) groups is 2. The Bertz CT molecular complexity index is 1030. The SMILES string of the molecule is COc1cccc(-c2cc(C(=O)Nc3ccc(N4CCOCC4=O)cc3)no2)c1. The maximum atomic E-state index is 12.5. The van der Waals surface area contributed by atoms with E-state index in [0.717, 1.165) is 11.3 Å². The summed E-state index contributed by atoms with van der Waals surface area (Å²) in [5, 5.41) is 6.62. The van der Waals surface area contributed by atoms with E-state index >= 15 is 0 Å². The Hall–Kier alpha value is -3.65. The van der Waals surface area contributed by atoms with Gasteiger partial charge in [-0.25, -0.2) is 0 Å². The van der Waals surface area contributed by atoms with Crippen LogP contribution in [0.4, 0.5) is 11.4 Å². The smallest absolute Gasteiger partial charge is 0.277 e. The highest BCUT2D eigenvalue weighted by atomic mass is 16.5. The van der Waals surface area contributed by atoms with Crippen molar-refractivity contribution in [3.63, 3.8) is 0 Å². The summed E-state index contributed by atoms with van der Waals surface area (Å²) in [6.45, 7) is 1.10. The fourth-order valence-corrected chi connectivity index (χ4v) is 3.01. The third-order valence-corrected chi connectivity index (χ3v) is 4.52. The zero-order chi connectivity index (χ0) is 20.2. The van der Waals surface area contributed by atoms with E-state index in [1.807, 2.05) is 18.2 Å². The second-order valence-electron chi connectivity index (χ2n) is 6.41. The summed E-state index contributed by atoms with van der Waals surface area (Å²) >= 11 is 0. The maximum absolute atomic E-state index is 12.5. The quantitative estimate of drug-likeness (QED) is 0.716. The van der Waals surface area contributed by atoms with Crippen LogP contribution in [-0.2, 0) is 9.53 Å². The Morgan fingerprint density at radius 1 is 1.17 bits per heavy atom. The van der Waals surface area contributed by atoms with Gasteiger partial charge in [0.25, 0.3) is 11.8 Å². The molecule has 2 heterocycles. The third-order valence-electron chi connectivity index (χ3n) is 4.52. The van der Waals surface area contributed by atoms with Gasteiger partial charge in [0, 0.05) is 29.5 Å². The van der Waals surface area contributed by atoms with Crippen LogP contribution in [0.15, 0.2) is 59.1 Å². The third kappa shape index (κ3) is 4.12. The molecule has 1 aromatic heterocycles. The number of methoxy groups -OCH3 is 1. The molecule has 1 fully saturated rings. The van der Waals surface area contributed by atoms with Crippen LogP contribution in [0.3, 0.4) is 0 Å². The summed E-state index contributed by atoms with van der Waals surface area (Å²) in [5.74, 6) is 0.678. The first-order chi connectivity index (χ1) is 14.1. The second kappa shape index (κ2) is 8.15. The zero-order valence-corrected chi connectivity index (χ0v) is 15.8. The van der Waals surface area contributed by atoms with Crippen LogP contribution < -0.4 is 15.0 Å². The van der Waals surface area contributed by atoms with E-state index in [0.29, 0.717) is 30.3 Å². The number of benzene rings is 2. The van der Waals surface area contributed by atoms with Crippen molar-refractivity contribution in [3.05, 3.63) is 60.3 Å². The van der Waals surface area contributed by atoms with Gasteiger partial charge in [0.15, 0.2) is 11.5 Å². The Morgan fingerprint density at radius 2 is 2.00 bits per heavy atom. The molecule has 4 rings (SSSR count). The van der Waals surface area contributed by atoms with Gasteiger partial charge in [-0.05, 0) is 36.4 Å². The molecule has 0 bridgehead atoms. The second-order valence-corrected chi connectivity index (χ2v) is 6.41. The summed E-state index contributed by atoms with van der Waals surface area (Å²) in [5.41, 5.74) is 2.27. The number of morpholine rings is 1. The van der Waals surface area contributed by atoms with E-state index in [-0.39, 0.29) is 18.2 Å². The number of nitrogens with zero attached hydrogens (tertiary/aromatic N) is 2. The van der Waals surface area contributed by atoms with Crippen LogP contribution in [0.25, 0.3) is 11.3 Å². The van der Waals surface area contributed by atoms with Crippen molar-refractivity contribution in [3.8, 4) is 17.1 Å². The predicted octanol–water partition coefficient (Wildman–Crippen LogP) is 2.97. The topological polar surface area (TPSA) is 93.9 Å². The molecule has 2 amide bonds. The number of rotatable bonds is 5. The van der Waals surface area contributed by atoms with Gasteiger partial charge in [-0.3, -0.25) is 9.59 Å². The first kappa shape index (κ1) is 18.7. The van der Waals surface area contributed by atoms with Gasteiger partial charge in [0.05, 0.1) is 13.7 Å². The number of hydrogen-bond donors (Lipinski definition) is 1. The van der Waals surface area contributed by atoms with Crippen LogP contribution in [0.1, 0.15) is 10.5 Å². The number of aromatic nitrogens is 1. The molecule has 3 aromatic rings. The molecule has 0 spiro atoms. The molecule has 2 aromatic carbocycles. The average Bonchev–Trinajstić information content (AvgIpc) is 3.25. The molecule has 0 saturated carbocycles. The Kier molecular flexibility index (Phi) is 5.26. The molecule has 8 nitrogen and oxygen atoms in total. The van der Waals surface area contributed by atoms with Gasteiger partial charge < -0.3 is 24.2 Å². The molecule has 0 atom stereocenters. The molecule has 0 radical (unpaired) electrons. The van der Waals surface area contributed by atoms with Crippen molar-refractivity contribution < 1.29 is 23.6 Å². The molecule has 1 aliphatic heterocycles. The minimum absolute atomic E-state index is 0.0827. The molecule has 1 saturated heterocycles. The van der Waals surface area contributed by atoms with E-state index < -0.39 is 5.91 Å². The van der Waals surface area contributed by atoms with E-state index in [1.54, 1.807) is 48.4 Å². The number of hydrogen-bond acceptors (Lipinski definition) is 6. The highest BCUT2D eigenvalue weighted by Gasteiger charge is 2.20. The molecule has 148 valence electrons. The van der Waals surface area contributed by atoms with Crippen molar-refractivity contribution >= 4 is 23.2 Å². The van der Waals surface area contributed by atoms with Crippen molar-refractivity contribution in [1.29, 1.82) is 0 Å². The Morgan fingerprint density at radius 3 is 2.76 bits per heavy atom. The van der Waals surface area contributed by atoms with E-state index in [2.05, 4.69) is 10.5 Å². The van der Waals surface area contributed by atoms with Crippen LogP contribution in [0.5, 0.6) is 5.75 Å². The van der Waals surface area contributed by atoms with Crippen molar-refractivity contribution in [2.75, 3.05) is 37.1 Å². The minimum atomic E-state index is -0.391. The van der Waals surface area contributed by atoms with E-state index in [9.17, 15) is 9.59 Å². The van der Waals surface area contributed by atoms with Crippen LogP contribution in [-0.4, -0.2) is 43.8 Å². The fourth-order valence-electron chi connectivity index (χ4n) is 3.01. The lowest BCUT2D eigenvalue weighted by molar-refractivity contribution is -0.125. The molecule has 8 heteroatoms. The average molecular weight is 393 g/mol. The fraction of sp³-hybridized carbons (Fsp3) is 0.190. The number of anilines is 2. The van der Waals surface area contributed by atoms with Crippen LogP contribution in [0.2, 0.25) is 0 Å². The first-order valence-corrected chi connectivity index (χ1v) is 9.05. The molecular formula is C21H19N3O5. The molecule has 29 heavy (non-hydrogen) atoms. The minimum Gasteiger partial charge on any atom is -0.497 e. The summed E-state index contributed by atoms with van der Waals surface area (Å²) in [7, 11) is 1.58. The van der Waals surface area contributed by atoms with Crippen molar-refractivity contribution in [2.45, 2.75) is 0 Å². The van der Waals surface area contributed by atoms with Crippen molar-refractivity contribution in [2.24, 2.45) is 0 Å². The summed E-state index contributed by atoms with van der Waals surface area (Å²) in [6, 6.07) is 15.9. The lowest BCUT2D eigenvalue weighted by Gasteiger charge is -2.26. The normalized spacial score (nSPS) is 14.0. The van der Waals surface area contributed by atoms with Gasteiger partial charge in [0.1, 0.15) is 12.4 Å². The summed E-state index contributed by atoms with van der Waals surface area (Å²) in [4.78, 5) is 26.0. The summed E-state index contributed by atoms with van der Waals surface area (Å²) in [6.07, 6.45) is 0. The highest BCUT2D eigenvalue weighted by Crippen LogP contribution is 2.25. The van der Waals surface area contributed by atoms with E-state index in [4.69, 9.17) is 14.0 Å². The Labute approximate surface area is 167 Å². The zero-order valence-electron chi connectivity index (χ0n) is 15.8. The molecule has 0 unspecified atom stereocenters. The number of carbonyl (C=O) groups excluding carboxylic acids is 2. The molecule has 1 N–H and O–H groups in total. The van der Waals surface area contributed by atoms with Crippen molar-refractivity contribution in [1.82, 2.24) is 5.16 Å². The van der Waals surface area contributed by atoms with Gasteiger partial charge in [-0.1, -0.05) is 17.3 Å². The van der Waals surface area contributed by atoms with Gasteiger partial charge in [-0.15, -0.1) is 0 Å². The highest BCUT2D eigenvalue weighted by molar-refractivity contribution is 6.03. The maximum Gasteiger partial charge on any atom is 0.277 e. The monoisotopic (exact) mass is 393 g/mol. The van der Waals surface area contributed by atoms with Crippen LogP contribution >= 0.6 is 0 Å². The molecule has 1 aliphatic rings. The lowest BCUT2D eigenvalue weighted by atomic mass is 10.1. The lowest BCUT2D eigenvalue weighted by Crippen LogP contribution is -2.41. The number of amides is 2. The standard InChI is InChI=1S/C21H19N3O5/c1-27-17-4-2-3-14(11-17)19-12-18(23-29-19)21(26)22-15-5-7-16(8-6-15)24-9-10-28-13-20(24)25/h2-8,11-12H,9-10,13H2,1H3,(H,22,26). The largest absolute Gasteiger partial charge is 0.497 e. The molecular weight excluding hydrogens is 374 g/mol. The molecule has 0 aliphatic carbocycles. The Balaban J connectivity index is 1.44.